The second-order valence-electron chi connectivity index (χ2n) is 3.97. The van der Waals surface area contributed by atoms with Gasteiger partial charge in [-0.3, -0.25) is 0 Å². The number of hydrogen-bond acceptors (Lipinski definition) is 5. The maximum absolute atomic E-state index is 13.0. The summed E-state index contributed by atoms with van der Waals surface area (Å²) in [5.41, 5.74) is 6.48. The van der Waals surface area contributed by atoms with Crippen LogP contribution in [0.3, 0.4) is 0 Å². The number of hydrogen-bond donors (Lipinski definition) is 2. The third kappa shape index (κ3) is 3.12. The van der Waals surface area contributed by atoms with Gasteiger partial charge in [0.25, 0.3) is 0 Å². The van der Waals surface area contributed by atoms with Crippen molar-refractivity contribution >= 4 is 0 Å². The summed E-state index contributed by atoms with van der Waals surface area (Å²) in [7, 11) is 0. The van der Waals surface area contributed by atoms with Gasteiger partial charge in [-0.1, -0.05) is 17.3 Å². The number of benzene rings is 1. The van der Waals surface area contributed by atoms with Gasteiger partial charge in [-0.25, -0.2) is 4.39 Å². The third-order valence-corrected chi connectivity index (χ3v) is 2.49. The molecule has 6 heteroatoms. The average molecular weight is 251 g/mol. The highest BCUT2D eigenvalue weighted by atomic mass is 19.1. The fourth-order valence-corrected chi connectivity index (χ4v) is 1.58. The summed E-state index contributed by atoms with van der Waals surface area (Å²) in [4.78, 5) is 4.12. The monoisotopic (exact) mass is 251 g/mol. The minimum Gasteiger partial charge on any atom is -0.396 e. The van der Waals surface area contributed by atoms with Crippen molar-refractivity contribution in [1.29, 1.82) is 0 Å². The number of nitrogens with zero attached hydrogens (tertiary/aromatic N) is 2. The molecule has 0 spiro atoms. The van der Waals surface area contributed by atoms with E-state index in [0.717, 1.165) is 5.56 Å². The van der Waals surface area contributed by atoms with Gasteiger partial charge in [0.1, 0.15) is 5.82 Å². The minimum atomic E-state index is -0.469. The molecule has 0 radical (unpaired) electrons. The van der Waals surface area contributed by atoms with Crippen molar-refractivity contribution in [2.45, 2.75) is 18.9 Å². The number of rotatable bonds is 5. The molecule has 0 saturated heterocycles. The van der Waals surface area contributed by atoms with Crippen molar-refractivity contribution < 1.29 is 14.0 Å². The molecular weight excluding hydrogens is 237 g/mol. The summed E-state index contributed by atoms with van der Waals surface area (Å²) in [5, 5.41) is 12.5. The molecule has 5 nitrogen and oxygen atoms in total. The van der Waals surface area contributed by atoms with Gasteiger partial charge in [-0.05, 0) is 24.1 Å². The van der Waals surface area contributed by atoms with Crippen LogP contribution in [0.25, 0.3) is 0 Å². The first-order valence-corrected chi connectivity index (χ1v) is 5.62. The van der Waals surface area contributed by atoms with E-state index >= 15 is 0 Å². The van der Waals surface area contributed by atoms with Crippen LogP contribution in [-0.2, 0) is 6.42 Å². The van der Waals surface area contributed by atoms with E-state index in [1.165, 1.54) is 12.1 Å². The molecule has 0 amide bonds. The lowest BCUT2D eigenvalue weighted by atomic mass is 10.1. The Balaban J connectivity index is 2.06. The average Bonchev–Trinajstić information content (AvgIpc) is 2.78. The molecule has 1 unspecified atom stereocenters. The molecule has 0 fully saturated rings. The Morgan fingerprint density at radius 2 is 2.28 bits per heavy atom. The van der Waals surface area contributed by atoms with Gasteiger partial charge >= 0.3 is 0 Å². The number of nitrogens with two attached hydrogens (primary N) is 1. The van der Waals surface area contributed by atoms with E-state index in [0.29, 0.717) is 18.7 Å². The van der Waals surface area contributed by atoms with Crippen molar-refractivity contribution in [3.05, 3.63) is 47.4 Å². The van der Waals surface area contributed by atoms with Crippen molar-refractivity contribution in [2.24, 2.45) is 5.73 Å². The molecule has 1 heterocycles. The Morgan fingerprint density at radius 1 is 1.44 bits per heavy atom. The number of aliphatic hydroxyl groups is 1. The van der Waals surface area contributed by atoms with Crippen LogP contribution in [0, 0.1) is 5.82 Å². The Labute approximate surface area is 103 Å². The maximum atomic E-state index is 13.0. The van der Waals surface area contributed by atoms with Gasteiger partial charge in [0.15, 0.2) is 5.82 Å². The standard InChI is InChI=1S/C12H14FN3O2/c13-9-3-1-2-8(6-9)7-11-15-12(18-16-11)10(14)4-5-17/h1-3,6,10,17H,4-5,7,14H2. The van der Waals surface area contributed by atoms with Crippen LogP contribution in [-0.4, -0.2) is 21.9 Å². The molecular formula is C12H14FN3O2. The van der Waals surface area contributed by atoms with E-state index in [9.17, 15) is 4.39 Å². The van der Waals surface area contributed by atoms with Crippen molar-refractivity contribution in [1.82, 2.24) is 10.1 Å². The number of aliphatic hydroxyl groups excluding tert-OH is 1. The molecule has 96 valence electrons. The molecule has 0 bridgehead atoms. The van der Waals surface area contributed by atoms with Crippen LogP contribution in [0.1, 0.15) is 29.7 Å². The van der Waals surface area contributed by atoms with Gasteiger partial charge < -0.3 is 15.4 Å². The fraction of sp³-hybridized carbons (Fsp3) is 0.333. The molecule has 3 N–H and O–H groups in total. The Bertz CT molecular complexity index is 516. The van der Waals surface area contributed by atoms with Crippen molar-refractivity contribution in [2.75, 3.05) is 6.61 Å². The maximum Gasteiger partial charge on any atom is 0.243 e. The summed E-state index contributed by atoms with van der Waals surface area (Å²) in [5.74, 6) is 0.438. The minimum absolute atomic E-state index is 0.0389. The Hall–Kier alpha value is -1.79. The second kappa shape index (κ2) is 5.70. The molecule has 0 aliphatic carbocycles. The lowest BCUT2D eigenvalue weighted by Gasteiger charge is -2.01. The molecule has 18 heavy (non-hydrogen) atoms. The molecule has 0 aliphatic rings. The highest BCUT2D eigenvalue weighted by Crippen LogP contribution is 2.13. The number of halogens is 1. The summed E-state index contributed by atoms with van der Waals surface area (Å²) in [6.45, 7) is -0.0389. The summed E-state index contributed by atoms with van der Waals surface area (Å²) in [6.07, 6.45) is 0.745. The van der Waals surface area contributed by atoms with Crippen molar-refractivity contribution in [3.63, 3.8) is 0 Å². The predicted octanol–water partition coefficient (Wildman–Crippen LogP) is 1.18. The van der Waals surface area contributed by atoms with E-state index in [1.54, 1.807) is 12.1 Å². The van der Waals surface area contributed by atoms with E-state index < -0.39 is 6.04 Å². The van der Waals surface area contributed by atoms with E-state index in [1.807, 2.05) is 0 Å². The summed E-state index contributed by atoms with van der Waals surface area (Å²) in [6, 6.07) is 5.74. The normalized spacial score (nSPS) is 12.6. The zero-order valence-corrected chi connectivity index (χ0v) is 9.71. The SMILES string of the molecule is NC(CCO)c1nc(Cc2cccc(F)c2)no1. The number of aromatic nitrogens is 2. The molecule has 2 aromatic rings. The first-order valence-electron chi connectivity index (χ1n) is 5.62. The third-order valence-electron chi connectivity index (χ3n) is 2.49. The van der Waals surface area contributed by atoms with Gasteiger partial charge in [-0.2, -0.15) is 4.98 Å². The van der Waals surface area contributed by atoms with E-state index in [4.69, 9.17) is 15.4 Å². The van der Waals surface area contributed by atoms with Gasteiger partial charge in [0.2, 0.25) is 5.89 Å². The smallest absolute Gasteiger partial charge is 0.243 e. The first-order chi connectivity index (χ1) is 8.69. The molecule has 0 aliphatic heterocycles. The van der Waals surface area contributed by atoms with Crippen LogP contribution in [0.2, 0.25) is 0 Å². The largest absolute Gasteiger partial charge is 0.396 e. The molecule has 0 saturated carbocycles. The van der Waals surface area contributed by atoms with Gasteiger partial charge in [-0.15, -0.1) is 0 Å². The molecule has 1 aromatic heterocycles. The van der Waals surface area contributed by atoms with E-state index in [-0.39, 0.29) is 18.3 Å². The predicted molar refractivity (Wildman–Crippen MR) is 62.1 cm³/mol. The van der Waals surface area contributed by atoms with E-state index in [2.05, 4.69) is 10.1 Å². The topological polar surface area (TPSA) is 85.2 Å². The van der Waals surface area contributed by atoms with Gasteiger partial charge in [0, 0.05) is 13.0 Å². The highest BCUT2D eigenvalue weighted by Gasteiger charge is 2.14. The zero-order chi connectivity index (χ0) is 13.0. The second-order valence-corrected chi connectivity index (χ2v) is 3.97. The summed E-state index contributed by atoms with van der Waals surface area (Å²) >= 11 is 0. The van der Waals surface area contributed by atoms with Crippen LogP contribution in [0.5, 0.6) is 0 Å². The lowest BCUT2D eigenvalue weighted by Crippen LogP contribution is -2.12. The van der Waals surface area contributed by atoms with Gasteiger partial charge in [0.05, 0.1) is 6.04 Å². The van der Waals surface area contributed by atoms with Crippen LogP contribution in [0.4, 0.5) is 4.39 Å². The molecule has 1 atom stereocenters. The Morgan fingerprint density at radius 3 is 3.00 bits per heavy atom. The first kappa shape index (κ1) is 12.7. The lowest BCUT2D eigenvalue weighted by molar-refractivity contribution is 0.259. The van der Waals surface area contributed by atoms with Crippen LogP contribution < -0.4 is 5.73 Å². The zero-order valence-electron chi connectivity index (χ0n) is 9.71. The highest BCUT2D eigenvalue weighted by molar-refractivity contribution is 5.19. The fourth-order valence-electron chi connectivity index (χ4n) is 1.58. The van der Waals surface area contributed by atoms with Crippen molar-refractivity contribution in [3.8, 4) is 0 Å². The Kier molecular flexibility index (Phi) is 4.01. The molecule has 2 rings (SSSR count). The molecule has 1 aromatic carbocycles. The summed E-state index contributed by atoms with van der Waals surface area (Å²) < 4.78 is 18.0. The van der Waals surface area contributed by atoms with Crippen LogP contribution in [0.15, 0.2) is 28.8 Å². The quantitative estimate of drug-likeness (QED) is 0.833. The van der Waals surface area contributed by atoms with Crippen LogP contribution >= 0.6 is 0 Å².